The molecule has 1 aliphatic rings. The van der Waals surface area contributed by atoms with Gasteiger partial charge in [0.15, 0.2) is 11.6 Å². The number of hydrogen-bond donors (Lipinski definition) is 1. The number of rotatable bonds is 6. The number of para-hydroxylation sites is 1. The van der Waals surface area contributed by atoms with Gasteiger partial charge in [-0.15, -0.1) is 10.2 Å². The first-order chi connectivity index (χ1) is 15.5. The number of carbonyl (C=O) groups excluding carboxylic acids is 2. The van der Waals surface area contributed by atoms with E-state index in [0.29, 0.717) is 17.8 Å². The molecule has 1 aromatic heterocycles. The lowest BCUT2D eigenvalue weighted by atomic mass is 9.97. The Bertz CT molecular complexity index is 1100. The number of anilines is 2. The highest BCUT2D eigenvalue weighted by molar-refractivity contribution is 5.96. The molecule has 7 heteroatoms. The number of ether oxygens (including phenoxy) is 1. The zero-order chi connectivity index (χ0) is 22.5. The van der Waals surface area contributed by atoms with Gasteiger partial charge >= 0.3 is 0 Å². The van der Waals surface area contributed by atoms with Crippen molar-refractivity contribution in [3.8, 4) is 17.0 Å². The van der Waals surface area contributed by atoms with Gasteiger partial charge in [-0.2, -0.15) is 0 Å². The Labute approximate surface area is 187 Å². The van der Waals surface area contributed by atoms with Gasteiger partial charge in [0.1, 0.15) is 5.75 Å². The van der Waals surface area contributed by atoms with Crippen LogP contribution in [0.15, 0.2) is 60.7 Å². The van der Waals surface area contributed by atoms with Gasteiger partial charge in [0.25, 0.3) is 0 Å². The van der Waals surface area contributed by atoms with E-state index in [-0.39, 0.29) is 17.6 Å². The fraction of sp³-hybridized carbons (Fsp3) is 0.280. The van der Waals surface area contributed by atoms with E-state index in [1.807, 2.05) is 36.4 Å². The highest BCUT2D eigenvalue weighted by Crippen LogP contribution is 2.29. The third-order valence-electron chi connectivity index (χ3n) is 5.71. The maximum Gasteiger partial charge on any atom is 0.229 e. The minimum absolute atomic E-state index is 0.00337. The third kappa shape index (κ3) is 4.77. The number of methoxy groups -OCH3 is 1. The number of hydrogen-bond acceptors (Lipinski definition) is 6. The molecule has 32 heavy (non-hydrogen) atoms. The van der Waals surface area contributed by atoms with Gasteiger partial charge in [-0.05, 0) is 68.3 Å². The van der Waals surface area contributed by atoms with E-state index in [9.17, 15) is 9.59 Å². The first-order valence-corrected chi connectivity index (χ1v) is 10.7. The quantitative estimate of drug-likeness (QED) is 0.590. The second-order valence-corrected chi connectivity index (χ2v) is 7.89. The number of carbonyl (C=O) groups is 2. The second-order valence-electron chi connectivity index (χ2n) is 7.89. The molecule has 0 spiro atoms. The first kappa shape index (κ1) is 21.5. The number of aromatic nitrogens is 2. The molecule has 2 heterocycles. The van der Waals surface area contributed by atoms with Crippen molar-refractivity contribution >= 4 is 23.2 Å². The summed E-state index contributed by atoms with van der Waals surface area (Å²) in [5, 5.41) is 11.8. The van der Waals surface area contributed by atoms with Gasteiger partial charge < -0.3 is 15.0 Å². The van der Waals surface area contributed by atoms with Crippen LogP contribution in [0.25, 0.3) is 11.3 Å². The van der Waals surface area contributed by atoms with E-state index in [4.69, 9.17) is 4.74 Å². The molecule has 0 bridgehead atoms. The van der Waals surface area contributed by atoms with Crippen LogP contribution in [0, 0.1) is 5.92 Å². The van der Waals surface area contributed by atoms with Crippen molar-refractivity contribution in [1.29, 1.82) is 0 Å². The summed E-state index contributed by atoms with van der Waals surface area (Å²) in [5.41, 5.74) is 2.95. The molecule has 7 nitrogen and oxygen atoms in total. The van der Waals surface area contributed by atoms with Crippen LogP contribution in [0.2, 0.25) is 0 Å². The highest BCUT2D eigenvalue weighted by atomic mass is 16.5. The van der Waals surface area contributed by atoms with Crippen molar-refractivity contribution in [3.05, 3.63) is 66.2 Å². The molecular weight excluding hydrogens is 404 g/mol. The number of nitrogens with one attached hydrogen (secondary N) is 1. The molecule has 1 N–H and O–H groups in total. The molecule has 1 unspecified atom stereocenters. The van der Waals surface area contributed by atoms with Crippen LogP contribution in [-0.4, -0.2) is 42.1 Å². The summed E-state index contributed by atoms with van der Waals surface area (Å²) >= 11 is 0. The number of piperidine rings is 1. The van der Waals surface area contributed by atoms with Crippen molar-refractivity contribution in [3.63, 3.8) is 0 Å². The monoisotopic (exact) mass is 430 g/mol. The van der Waals surface area contributed by atoms with Gasteiger partial charge in [-0.1, -0.05) is 12.1 Å². The number of benzene rings is 2. The van der Waals surface area contributed by atoms with E-state index in [2.05, 4.69) is 20.4 Å². The van der Waals surface area contributed by atoms with E-state index >= 15 is 0 Å². The van der Waals surface area contributed by atoms with Crippen molar-refractivity contribution in [2.45, 2.75) is 19.8 Å². The van der Waals surface area contributed by atoms with Gasteiger partial charge in [-0.25, -0.2) is 0 Å². The molecule has 1 fully saturated rings. The number of amides is 1. The van der Waals surface area contributed by atoms with Gasteiger partial charge in [-0.3, -0.25) is 9.59 Å². The normalized spacial score (nSPS) is 15.8. The maximum atomic E-state index is 12.8. The Kier molecular flexibility index (Phi) is 6.44. The van der Waals surface area contributed by atoms with Crippen LogP contribution in [-0.2, 0) is 4.79 Å². The van der Waals surface area contributed by atoms with Gasteiger partial charge in [0.2, 0.25) is 5.91 Å². The summed E-state index contributed by atoms with van der Waals surface area (Å²) in [6, 6.07) is 18.5. The number of nitrogens with zero attached hydrogens (tertiary/aromatic N) is 3. The van der Waals surface area contributed by atoms with Crippen LogP contribution in [0.4, 0.5) is 11.5 Å². The predicted octanol–water partition coefficient (Wildman–Crippen LogP) is 4.21. The van der Waals surface area contributed by atoms with Crippen LogP contribution in [0.3, 0.4) is 0 Å². The first-order valence-electron chi connectivity index (χ1n) is 10.7. The molecule has 1 amide bonds. The molecule has 0 radical (unpaired) electrons. The molecule has 1 atom stereocenters. The van der Waals surface area contributed by atoms with Crippen molar-refractivity contribution < 1.29 is 14.3 Å². The average molecular weight is 431 g/mol. The van der Waals surface area contributed by atoms with Crippen LogP contribution >= 0.6 is 0 Å². The SMILES string of the molecule is COc1ccccc1-c1ccc(N2CCCC(C(=O)Nc3ccc(C(C)=O)cc3)C2)nn1. The molecular formula is C25H26N4O3. The Morgan fingerprint density at radius 2 is 1.81 bits per heavy atom. The number of Topliss-reactive ketones (excluding diaryl/α,β-unsaturated/α-hetero) is 1. The predicted molar refractivity (Wildman–Crippen MR) is 124 cm³/mol. The van der Waals surface area contributed by atoms with Crippen molar-refractivity contribution in [2.75, 3.05) is 30.4 Å². The molecule has 1 saturated heterocycles. The van der Waals surface area contributed by atoms with E-state index in [1.165, 1.54) is 6.92 Å². The zero-order valence-corrected chi connectivity index (χ0v) is 18.2. The fourth-order valence-electron chi connectivity index (χ4n) is 3.93. The van der Waals surface area contributed by atoms with Crippen LogP contribution < -0.4 is 15.0 Å². The fourth-order valence-corrected chi connectivity index (χ4v) is 3.93. The summed E-state index contributed by atoms with van der Waals surface area (Å²) in [5.74, 6) is 1.34. The maximum absolute atomic E-state index is 12.8. The Morgan fingerprint density at radius 3 is 2.50 bits per heavy atom. The van der Waals surface area contributed by atoms with Crippen molar-refractivity contribution in [2.24, 2.45) is 5.92 Å². The largest absolute Gasteiger partial charge is 0.496 e. The molecule has 164 valence electrons. The third-order valence-corrected chi connectivity index (χ3v) is 5.71. The van der Waals surface area contributed by atoms with Crippen molar-refractivity contribution in [1.82, 2.24) is 10.2 Å². The summed E-state index contributed by atoms with van der Waals surface area (Å²) in [6.45, 7) is 2.94. The topological polar surface area (TPSA) is 84.4 Å². The lowest BCUT2D eigenvalue weighted by Crippen LogP contribution is -2.41. The Balaban J connectivity index is 1.42. The minimum Gasteiger partial charge on any atom is -0.496 e. The summed E-state index contributed by atoms with van der Waals surface area (Å²) in [7, 11) is 1.64. The lowest BCUT2D eigenvalue weighted by Gasteiger charge is -2.32. The number of ketones is 1. The minimum atomic E-state index is -0.146. The molecule has 1 aliphatic heterocycles. The molecule has 4 rings (SSSR count). The summed E-state index contributed by atoms with van der Waals surface area (Å²) in [4.78, 5) is 26.3. The molecule has 0 saturated carbocycles. The van der Waals surface area contributed by atoms with E-state index < -0.39 is 0 Å². The summed E-state index contributed by atoms with van der Waals surface area (Å²) in [6.07, 6.45) is 1.72. The second kappa shape index (κ2) is 9.60. The van der Waals surface area contributed by atoms with Crippen LogP contribution in [0.1, 0.15) is 30.1 Å². The molecule has 0 aliphatic carbocycles. The Morgan fingerprint density at radius 1 is 1.03 bits per heavy atom. The zero-order valence-electron chi connectivity index (χ0n) is 18.2. The van der Waals surface area contributed by atoms with E-state index in [1.54, 1.807) is 31.4 Å². The smallest absolute Gasteiger partial charge is 0.229 e. The standard InChI is InChI=1S/C25H26N4O3/c1-17(30)18-9-11-20(12-10-18)26-25(31)19-6-5-15-29(16-19)24-14-13-22(27-28-24)21-7-3-4-8-23(21)32-2/h3-4,7-14,19H,5-6,15-16H2,1-2H3,(H,26,31). The molecule has 2 aromatic carbocycles. The van der Waals surface area contributed by atoms with E-state index in [0.717, 1.165) is 42.2 Å². The summed E-state index contributed by atoms with van der Waals surface area (Å²) < 4.78 is 5.41. The average Bonchev–Trinajstić information content (AvgIpc) is 2.84. The molecule has 3 aromatic rings. The van der Waals surface area contributed by atoms with Gasteiger partial charge in [0.05, 0.1) is 18.7 Å². The lowest BCUT2D eigenvalue weighted by molar-refractivity contribution is -0.120. The van der Waals surface area contributed by atoms with Gasteiger partial charge in [0, 0.05) is 29.9 Å². The Hall–Kier alpha value is -3.74. The van der Waals surface area contributed by atoms with Crippen LogP contribution in [0.5, 0.6) is 5.75 Å². The highest BCUT2D eigenvalue weighted by Gasteiger charge is 2.27.